The van der Waals surface area contributed by atoms with Crippen LogP contribution in [0.2, 0.25) is 0 Å². The fraction of sp³-hybridized carbons (Fsp3) is 0.500. The lowest BCUT2D eigenvalue weighted by atomic mass is 9.89. The van der Waals surface area contributed by atoms with Crippen molar-refractivity contribution in [3.63, 3.8) is 0 Å². The summed E-state index contributed by atoms with van der Waals surface area (Å²) in [5.41, 5.74) is 2.18. The van der Waals surface area contributed by atoms with E-state index in [4.69, 9.17) is 9.47 Å². The van der Waals surface area contributed by atoms with Crippen LogP contribution in [0.25, 0.3) is 10.4 Å². The highest BCUT2D eigenvalue weighted by atomic mass is 32.1. The normalized spacial score (nSPS) is 21.6. The van der Waals surface area contributed by atoms with Crippen LogP contribution in [0.4, 0.5) is 0 Å². The average molecular weight is 399 g/mol. The van der Waals surface area contributed by atoms with Gasteiger partial charge in [0.05, 0.1) is 11.5 Å². The number of benzene rings is 1. The monoisotopic (exact) mass is 398 g/mol. The molecule has 3 heterocycles. The maximum Gasteiger partial charge on any atom is 0.261 e. The molecule has 5 nitrogen and oxygen atoms in total. The van der Waals surface area contributed by atoms with Gasteiger partial charge in [0.2, 0.25) is 5.79 Å². The number of hydrogen-bond acceptors (Lipinski definition) is 5. The molecular formula is C22H26N2O3S. The van der Waals surface area contributed by atoms with E-state index in [2.05, 4.69) is 28.4 Å². The van der Waals surface area contributed by atoms with Gasteiger partial charge in [-0.25, -0.2) is 0 Å². The minimum absolute atomic E-state index is 0.0453. The summed E-state index contributed by atoms with van der Waals surface area (Å²) in [5, 5.41) is 2.67. The summed E-state index contributed by atoms with van der Waals surface area (Å²) in [5.74, 6) is 0.440. The van der Waals surface area contributed by atoms with Crippen LogP contribution in [-0.4, -0.2) is 42.8 Å². The number of nitrogens with one attached hydrogen (secondary N) is 1. The second kappa shape index (κ2) is 7.17. The number of hydrogen-bond donors (Lipinski definition) is 1. The highest BCUT2D eigenvalue weighted by Crippen LogP contribution is 2.41. The lowest BCUT2D eigenvalue weighted by Crippen LogP contribution is -2.54. The third kappa shape index (κ3) is 3.23. The van der Waals surface area contributed by atoms with Crippen LogP contribution in [0.5, 0.6) is 5.75 Å². The molecule has 1 aromatic heterocycles. The molecule has 2 aliphatic heterocycles. The summed E-state index contributed by atoms with van der Waals surface area (Å²) in [6.45, 7) is 2.71. The van der Waals surface area contributed by atoms with Crippen LogP contribution in [0.15, 0.2) is 30.3 Å². The predicted octanol–water partition coefficient (Wildman–Crippen LogP) is 4.03. The molecule has 0 unspecified atom stereocenters. The molecule has 1 spiro atoms. The van der Waals surface area contributed by atoms with Crippen molar-refractivity contribution in [2.75, 3.05) is 20.1 Å². The van der Waals surface area contributed by atoms with E-state index in [1.165, 1.54) is 30.6 Å². The van der Waals surface area contributed by atoms with E-state index in [1.807, 2.05) is 12.1 Å². The smallest absolute Gasteiger partial charge is 0.261 e. The molecule has 2 aromatic rings. The number of likely N-dealkylation sites (tertiary alicyclic amines) is 1. The Kier molecular flexibility index (Phi) is 4.65. The van der Waals surface area contributed by atoms with Crippen molar-refractivity contribution in [3.8, 4) is 16.2 Å². The molecule has 0 bridgehead atoms. The fourth-order valence-corrected chi connectivity index (χ4v) is 5.30. The van der Waals surface area contributed by atoms with Gasteiger partial charge in [-0.15, -0.1) is 11.3 Å². The molecule has 6 heteroatoms. The van der Waals surface area contributed by atoms with Gasteiger partial charge in [-0.3, -0.25) is 9.69 Å². The van der Waals surface area contributed by atoms with Gasteiger partial charge < -0.3 is 14.8 Å². The van der Waals surface area contributed by atoms with Gasteiger partial charge in [-0.1, -0.05) is 6.42 Å². The largest absolute Gasteiger partial charge is 0.462 e. The first kappa shape index (κ1) is 18.2. The lowest BCUT2D eigenvalue weighted by molar-refractivity contribution is -0.231. The number of nitrogens with zero attached hydrogens (tertiary/aromatic N) is 1. The van der Waals surface area contributed by atoms with Crippen LogP contribution >= 0.6 is 11.3 Å². The molecule has 2 fully saturated rings. The quantitative estimate of drug-likeness (QED) is 0.848. The van der Waals surface area contributed by atoms with Crippen molar-refractivity contribution in [1.29, 1.82) is 0 Å². The Morgan fingerprint density at radius 2 is 2.04 bits per heavy atom. The minimum atomic E-state index is -0.454. The molecule has 1 aliphatic carbocycles. The van der Waals surface area contributed by atoms with Gasteiger partial charge in [0, 0.05) is 49.5 Å². The van der Waals surface area contributed by atoms with Crippen molar-refractivity contribution in [2.45, 2.75) is 50.5 Å². The Balaban J connectivity index is 1.30. The lowest BCUT2D eigenvalue weighted by Gasteiger charge is -2.47. The Morgan fingerprint density at radius 1 is 1.21 bits per heavy atom. The molecule has 0 radical (unpaired) electrons. The molecule has 1 saturated heterocycles. The first-order chi connectivity index (χ1) is 13.7. The summed E-state index contributed by atoms with van der Waals surface area (Å²) in [4.78, 5) is 16.2. The number of ether oxygens (including phenoxy) is 2. The Labute approximate surface area is 169 Å². The summed E-state index contributed by atoms with van der Waals surface area (Å²) < 4.78 is 12.6. The fourth-order valence-electron chi connectivity index (χ4n) is 4.35. The van der Waals surface area contributed by atoms with Gasteiger partial charge in [0.15, 0.2) is 0 Å². The number of carbonyl (C=O) groups excluding carboxylic acids is 1. The van der Waals surface area contributed by atoms with E-state index in [0.29, 0.717) is 6.61 Å². The first-order valence-electron chi connectivity index (χ1n) is 10.2. The molecule has 1 N–H and O–H groups in total. The molecule has 148 valence electrons. The summed E-state index contributed by atoms with van der Waals surface area (Å²) >= 11 is 1.50. The highest BCUT2D eigenvalue weighted by molar-refractivity contribution is 7.17. The minimum Gasteiger partial charge on any atom is -0.462 e. The van der Waals surface area contributed by atoms with Gasteiger partial charge in [-0.05, 0) is 48.7 Å². The zero-order valence-corrected chi connectivity index (χ0v) is 17.0. The van der Waals surface area contributed by atoms with E-state index < -0.39 is 5.79 Å². The molecular weight excluding hydrogens is 372 g/mol. The van der Waals surface area contributed by atoms with Crippen LogP contribution in [-0.2, 0) is 11.3 Å². The van der Waals surface area contributed by atoms with Crippen molar-refractivity contribution in [3.05, 3.63) is 40.8 Å². The zero-order valence-electron chi connectivity index (χ0n) is 16.2. The van der Waals surface area contributed by atoms with E-state index in [1.54, 1.807) is 7.05 Å². The zero-order chi connectivity index (χ0) is 19.1. The van der Waals surface area contributed by atoms with E-state index in [-0.39, 0.29) is 5.91 Å². The van der Waals surface area contributed by atoms with Crippen molar-refractivity contribution < 1.29 is 14.3 Å². The Morgan fingerprint density at radius 3 is 2.75 bits per heavy atom. The van der Waals surface area contributed by atoms with Crippen LogP contribution in [0.1, 0.15) is 47.3 Å². The van der Waals surface area contributed by atoms with Crippen molar-refractivity contribution in [2.24, 2.45) is 0 Å². The summed E-state index contributed by atoms with van der Waals surface area (Å²) in [6, 6.07) is 10.9. The molecule has 3 aliphatic rings. The standard InChI is InChI=1S/C22H26N2O3S/c1-23-21(25)20-8-7-19(28-20)15-5-6-18-16(13-15)14-26-22(27-18)9-11-24(12-10-22)17-3-2-4-17/h5-8,13,17H,2-4,9-12,14H2,1H3,(H,23,25). The van der Waals surface area contributed by atoms with Crippen LogP contribution in [0, 0.1) is 0 Å². The molecule has 0 atom stereocenters. The summed E-state index contributed by atoms with van der Waals surface area (Å²) in [6.07, 6.45) is 5.95. The van der Waals surface area contributed by atoms with E-state index >= 15 is 0 Å². The SMILES string of the molecule is CNC(=O)c1ccc(-c2ccc3c(c2)COC2(CCN(C4CCC4)CC2)O3)s1. The summed E-state index contributed by atoms with van der Waals surface area (Å²) in [7, 11) is 1.65. The number of fused-ring (bicyclic) bond motifs is 1. The second-order valence-electron chi connectivity index (χ2n) is 7.99. The number of rotatable bonds is 3. The van der Waals surface area contributed by atoms with Crippen molar-refractivity contribution in [1.82, 2.24) is 10.2 Å². The highest BCUT2D eigenvalue weighted by Gasteiger charge is 2.42. The number of thiophene rings is 1. The molecule has 28 heavy (non-hydrogen) atoms. The maximum atomic E-state index is 11.8. The topological polar surface area (TPSA) is 50.8 Å². The molecule has 1 aromatic carbocycles. The average Bonchev–Trinajstić information content (AvgIpc) is 3.18. The molecule has 5 rings (SSSR count). The van der Waals surface area contributed by atoms with Gasteiger partial charge in [0.25, 0.3) is 5.91 Å². The van der Waals surface area contributed by atoms with E-state index in [0.717, 1.165) is 58.6 Å². The maximum absolute atomic E-state index is 11.8. The molecule has 1 amide bonds. The predicted molar refractivity (Wildman–Crippen MR) is 110 cm³/mol. The Bertz CT molecular complexity index is 882. The van der Waals surface area contributed by atoms with Gasteiger partial charge in [-0.2, -0.15) is 0 Å². The van der Waals surface area contributed by atoms with Crippen LogP contribution in [0.3, 0.4) is 0 Å². The van der Waals surface area contributed by atoms with Crippen LogP contribution < -0.4 is 10.1 Å². The second-order valence-corrected chi connectivity index (χ2v) is 9.07. The third-order valence-corrected chi connectivity index (χ3v) is 7.47. The first-order valence-corrected chi connectivity index (χ1v) is 11.0. The van der Waals surface area contributed by atoms with Gasteiger partial charge in [0.1, 0.15) is 5.75 Å². The number of amides is 1. The van der Waals surface area contributed by atoms with E-state index in [9.17, 15) is 4.79 Å². The molecule has 1 saturated carbocycles. The Hall–Kier alpha value is -1.89. The number of piperidine rings is 1. The number of carbonyl (C=O) groups is 1. The van der Waals surface area contributed by atoms with Gasteiger partial charge >= 0.3 is 0 Å². The van der Waals surface area contributed by atoms with Crippen molar-refractivity contribution >= 4 is 17.2 Å². The third-order valence-electron chi connectivity index (χ3n) is 6.34.